The van der Waals surface area contributed by atoms with E-state index in [2.05, 4.69) is 15.4 Å². The lowest BCUT2D eigenvalue weighted by Crippen LogP contribution is -2.14. The van der Waals surface area contributed by atoms with E-state index in [9.17, 15) is 22.4 Å². The molecule has 2 heterocycles. The van der Waals surface area contributed by atoms with Gasteiger partial charge in [0.25, 0.3) is 5.91 Å². The molecule has 0 aliphatic rings. The van der Waals surface area contributed by atoms with Gasteiger partial charge in [-0.1, -0.05) is 0 Å². The number of hydrogen-bond acceptors (Lipinski definition) is 5. The Morgan fingerprint density at radius 3 is 2.76 bits per heavy atom. The van der Waals surface area contributed by atoms with Crippen LogP contribution in [0.15, 0.2) is 47.8 Å². The number of thioether (sulfide) groups is 1. The fourth-order valence-corrected chi connectivity index (χ4v) is 3.24. The summed E-state index contributed by atoms with van der Waals surface area (Å²) in [6, 6.07) is 5.61. The fourth-order valence-electron chi connectivity index (χ4n) is 2.44. The molecule has 152 valence electrons. The summed E-state index contributed by atoms with van der Waals surface area (Å²) in [5.41, 5.74) is 6.41. The second-order valence-corrected chi connectivity index (χ2v) is 7.06. The van der Waals surface area contributed by atoms with Crippen molar-refractivity contribution in [3.05, 3.63) is 59.8 Å². The lowest BCUT2D eigenvalue weighted by molar-refractivity contribution is -0.105. The van der Waals surface area contributed by atoms with Crippen LogP contribution in [-0.2, 0) is 0 Å². The van der Waals surface area contributed by atoms with Crippen LogP contribution in [0.25, 0.3) is 5.69 Å². The number of anilines is 2. The first kappa shape index (κ1) is 20.6. The van der Waals surface area contributed by atoms with E-state index >= 15 is 0 Å². The summed E-state index contributed by atoms with van der Waals surface area (Å²) < 4.78 is 53.0. The Balaban J connectivity index is 1.83. The Morgan fingerprint density at radius 2 is 2.10 bits per heavy atom. The first-order chi connectivity index (χ1) is 13.6. The van der Waals surface area contributed by atoms with E-state index in [0.717, 1.165) is 6.07 Å². The van der Waals surface area contributed by atoms with Crippen molar-refractivity contribution < 1.29 is 22.4 Å². The lowest BCUT2D eigenvalue weighted by Gasteiger charge is -2.12. The van der Waals surface area contributed by atoms with E-state index in [1.807, 2.05) is 0 Å². The van der Waals surface area contributed by atoms with Crippen LogP contribution in [0, 0.1) is 12.7 Å². The summed E-state index contributed by atoms with van der Waals surface area (Å²) in [4.78, 5) is 16.7. The monoisotopic (exact) mass is 425 g/mol. The number of carbonyl (C=O) groups is 1. The Morgan fingerprint density at radius 1 is 1.34 bits per heavy atom. The minimum absolute atomic E-state index is 0.0154. The van der Waals surface area contributed by atoms with Crippen LogP contribution in [0.4, 0.5) is 29.1 Å². The molecule has 1 aromatic carbocycles. The van der Waals surface area contributed by atoms with Crippen molar-refractivity contribution in [2.75, 3.05) is 16.8 Å². The van der Waals surface area contributed by atoms with Gasteiger partial charge in [0.1, 0.15) is 11.4 Å². The molecular formula is C18H15F4N5OS. The minimum Gasteiger partial charge on any atom is -0.382 e. The molecule has 6 nitrogen and oxygen atoms in total. The van der Waals surface area contributed by atoms with Crippen molar-refractivity contribution in [3.8, 4) is 5.69 Å². The second-order valence-electron chi connectivity index (χ2n) is 6.04. The zero-order valence-electron chi connectivity index (χ0n) is 15.0. The fraction of sp³-hybridized carbons (Fsp3) is 0.167. The van der Waals surface area contributed by atoms with E-state index < -0.39 is 23.7 Å². The van der Waals surface area contributed by atoms with Crippen LogP contribution in [0.5, 0.6) is 0 Å². The topological polar surface area (TPSA) is 85.8 Å². The number of nitrogens with one attached hydrogen (secondary N) is 1. The third kappa shape index (κ3) is 5.05. The molecule has 0 fully saturated rings. The highest BCUT2D eigenvalue weighted by atomic mass is 32.2. The van der Waals surface area contributed by atoms with Gasteiger partial charge in [0.2, 0.25) is 0 Å². The molecular weight excluding hydrogens is 410 g/mol. The minimum atomic E-state index is -4.37. The molecule has 3 N–H and O–H groups in total. The van der Waals surface area contributed by atoms with Gasteiger partial charge in [-0.25, -0.2) is 9.07 Å². The van der Waals surface area contributed by atoms with Crippen LogP contribution < -0.4 is 11.1 Å². The number of halogens is 4. The smallest absolute Gasteiger partial charge is 0.382 e. The number of nitrogen functional groups attached to an aromatic ring is 1. The molecule has 29 heavy (non-hydrogen) atoms. The van der Waals surface area contributed by atoms with Crippen molar-refractivity contribution >= 4 is 29.2 Å². The second kappa shape index (κ2) is 8.11. The number of amides is 1. The Bertz CT molecular complexity index is 1040. The molecule has 0 bridgehead atoms. The number of carbonyl (C=O) groups excluding carboxylic acids is 1. The molecule has 3 aromatic rings. The maximum Gasteiger partial charge on any atom is 0.398 e. The standard InChI is InChI=1S/C18H15F4N5OS/c1-10-5-13(19)14(6-15(10)29-9-18(20,21)22)25-17(28)12-8-27(26-16(12)23)11-3-2-4-24-7-11/h2-8H,9H2,1H3,(H2,23,26)(H,25,28). The Labute approximate surface area is 167 Å². The largest absolute Gasteiger partial charge is 0.398 e. The number of rotatable bonds is 5. The third-order valence-electron chi connectivity index (χ3n) is 3.80. The van der Waals surface area contributed by atoms with Crippen molar-refractivity contribution in [3.63, 3.8) is 0 Å². The maximum absolute atomic E-state index is 14.2. The highest BCUT2D eigenvalue weighted by Crippen LogP contribution is 2.32. The zero-order valence-corrected chi connectivity index (χ0v) is 15.8. The van der Waals surface area contributed by atoms with Crippen molar-refractivity contribution in [1.82, 2.24) is 14.8 Å². The number of nitrogens with zero attached hydrogens (tertiary/aromatic N) is 3. The van der Waals surface area contributed by atoms with Gasteiger partial charge >= 0.3 is 6.18 Å². The molecule has 2 aromatic heterocycles. The van der Waals surface area contributed by atoms with Crippen molar-refractivity contribution in [1.29, 1.82) is 0 Å². The predicted molar refractivity (Wildman–Crippen MR) is 102 cm³/mol. The molecule has 0 saturated heterocycles. The van der Waals surface area contributed by atoms with Crippen LogP contribution >= 0.6 is 11.8 Å². The normalized spacial score (nSPS) is 11.5. The zero-order chi connectivity index (χ0) is 21.2. The average Bonchev–Trinajstić information content (AvgIpc) is 3.05. The van der Waals surface area contributed by atoms with Crippen LogP contribution in [0.3, 0.4) is 0 Å². The molecule has 0 aliphatic carbocycles. The number of nitrogens with two attached hydrogens (primary N) is 1. The number of hydrogen-bond donors (Lipinski definition) is 2. The Kier molecular flexibility index (Phi) is 5.78. The Hall–Kier alpha value is -3.08. The van der Waals surface area contributed by atoms with Gasteiger partial charge in [-0.05, 0) is 36.8 Å². The van der Waals surface area contributed by atoms with Gasteiger partial charge in [-0.15, -0.1) is 16.9 Å². The van der Waals surface area contributed by atoms with E-state index in [1.54, 1.807) is 18.3 Å². The molecule has 1 amide bonds. The molecule has 0 radical (unpaired) electrons. The number of benzene rings is 1. The van der Waals surface area contributed by atoms with Gasteiger partial charge in [-0.3, -0.25) is 9.78 Å². The van der Waals surface area contributed by atoms with Gasteiger partial charge in [0.15, 0.2) is 5.82 Å². The summed E-state index contributed by atoms with van der Waals surface area (Å²) in [6.07, 6.45) is 0.0633. The lowest BCUT2D eigenvalue weighted by atomic mass is 10.2. The summed E-state index contributed by atoms with van der Waals surface area (Å²) in [5, 5.41) is 6.36. The molecule has 11 heteroatoms. The van der Waals surface area contributed by atoms with E-state index in [-0.39, 0.29) is 22.0 Å². The van der Waals surface area contributed by atoms with Crippen LogP contribution in [0.2, 0.25) is 0 Å². The first-order valence-corrected chi connectivity index (χ1v) is 9.19. The van der Waals surface area contributed by atoms with E-state index in [4.69, 9.17) is 5.73 Å². The number of alkyl halides is 3. The van der Waals surface area contributed by atoms with E-state index in [1.165, 1.54) is 30.1 Å². The molecule has 0 unspecified atom stereocenters. The molecule has 0 atom stereocenters. The van der Waals surface area contributed by atoms with Gasteiger partial charge < -0.3 is 11.1 Å². The summed E-state index contributed by atoms with van der Waals surface area (Å²) in [6.45, 7) is 1.49. The quantitative estimate of drug-likeness (QED) is 0.473. The summed E-state index contributed by atoms with van der Waals surface area (Å²) >= 11 is 0.513. The van der Waals surface area contributed by atoms with Crippen LogP contribution in [-0.4, -0.2) is 32.6 Å². The SMILES string of the molecule is Cc1cc(F)c(NC(=O)c2cn(-c3cccnc3)nc2N)cc1SCC(F)(F)F. The molecule has 0 aliphatic heterocycles. The average molecular weight is 425 g/mol. The van der Waals surface area contributed by atoms with Crippen LogP contribution in [0.1, 0.15) is 15.9 Å². The highest BCUT2D eigenvalue weighted by molar-refractivity contribution is 7.99. The van der Waals surface area contributed by atoms with Crippen molar-refractivity contribution in [2.45, 2.75) is 18.0 Å². The number of aryl methyl sites for hydroxylation is 1. The first-order valence-electron chi connectivity index (χ1n) is 8.20. The third-order valence-corrected chi connectivity index (χ3v) is 5.02. The highest BCUT2D eigenvalue weighted by Gasteiger charge is 2.28. The molecule has 0 saturated carbocycles. The van der Waals surface area contributed by atoms with Gasteiger partial charge in [0.05, 0.1) is 23.3 Å². The summed E-state index contributed by atoms with van der Waals surface area (Å²) in [5.74, 6) is -2.74. The number of pyridine rings is 1. The number of aromatic nitrogens is 3. The maximum atomic E-state index is 14.2. The van der Waals surface area contributed by atoms with Gasteiger partial charge in [-0.2, -0.15) is 13.2 Å². The van der Waals surface area contributed by atoms with E-state index in [0.29, 0.717) is 23.0 Å². The van der Waals surface area contributed by atoms with Crippen molar-refractivity contribution in [2.24, 2.45) is 0 Å². The van der Waals surface area contributed by atoms with Gasteiger partial charge in [0, 0.05) is 17.3 Å². The molecule has 0 spiro atoms. The summed E-state index contributed by atoms with van der Waals surface area (Å²) in [7, 11) is 0. The molecule has 3 rings (SSSR count). The predicted octanol–water partition coefficient (Wildman–Crippen LogP) is 4.20.